The van der Waals surface area contributed by atoms with E-state index in [2.05, 4.69) is 18.8 Å². The number of nitrogens with zero attached hydrogens (tertiary/aromatic N) is 4. The van der Waals surface area contributed by atoms with Gasteiger partial charge >= 0.3 is 11.2 Å². The third-order valence-electron chi connectivity index (χ3n) is 6.69. The molecule has 1 aliphatic carbocycles. The lowest BCUT2D eigenvalue weighted by Gasteiger charge is -2.30. The van der Waals surface area contributed by atoms with Crippen molar-refractivity contribution in [3.63, 3.8) is 0 Å². The van der Waals surface area contributed by atoms with Gasteiger partial charge in [-0.05, 0) is 32.1 Å². The van der Waals surface area contributed by atoms with E-state index in [1.807, 2.05) is 11.8 Å². The summed E-state index contributed by atoms with van der Waals surface area (Å²) < 4.78 is 22.8. The summed E-state index contributed by atoms with van der Waals surface area (Å²) in [6.45, 7) is 10.0. The molecule has 2 aliphatic rings. The lowest BCUT2D eigenvalue weighted by atomic mass is 9.78. The van der Waals surface area contributed by atoms with Gasteiger partial charge in [-0.2, -0.15) is 9.07 Å². The Kier molecular flexibility index (Phi) is 5.33. The third kappa shape index (κ3) is 3.51. The molecule has 1 saturated heterocycles. The molecule has 1 aliphatic heterocycles. The predicted molar refractivity (Wildman–Crippen MR) is 117 cm³/mol. The normalized spacial score (nSPS) is 21.7. The van der Waals surface area contributed by atoms with Crippen molar-refractivity contribution in [1.29, 1.82) is 0 Å². The van der Waals surface area contributed by atoms with Crippen molar-refractivity contribution in [1.82, 2.24) is 14.2 Å². The molecule has 4 rings (SSSR count). The van der Waals surface area contributed by atoms with Crippen LogP contribution in [0.1, 0.15) is 45.2 Å². The fourth-order valence-corrected chi connectivity index (χ4v) is 4.96. The van der Waals surface area contributed by atoms with Crippen LogP contribution in [0.15, 0.2) is 9.59 Å². The number of nitrogens with two attached hydrogens (primary N) is 2. The highest BCUT2D eigenvalue weighted by Gasteiger charge is 2.44. The van der Waals surface area contributed by atoms with Crippen LogP contribution in [-0.2, 0) is 4.74 Å². The van der Waals surface area contributed by atoms with Crippen molar-refractivity contribution in [2.24, 2.45) is 17.1 Å². The largest absolute Gasteiger partial charge is 0.380 e. The summed E-state index contributed by atoms with van der Waals surface area (Å²) in [5.41, 5.74) is 5.94. The first-order valence-electron chi connectivity index (χ1n) is 10.8. The number of halogens is 1. The molecule has 31 heavy (non-hydrogen) atoms. The number of anilines is 1. The molecule has 10 heteroatoms. The van der Waals surface area contributed by atoms with Gasteiger partial charge in [0.1, 0.15) is 0 Å². The highest BCUT2D eigenvalue weighted by atomic mass is 19.1. The Morgan fingerprint density at radius 3 is 2.61 bits per heavy atom. The van der Waals surface area contributed by atoms with Gasteiger partial charge in [-0.15, -0.1) is 0 Å². The number of nitrogen functional groups attached to an aromatic ring is 1. The molecule has 4 N–H and O–H groups in total. The van der Waals surface area contributed by atoms with Crippen LogP contribution in [-0.4, -0.2) is 46.6 Å². The van der Waals surface area contributed by atoms with E-state index in [9.17, 15) is 9.59 Å². The smallest absolute Gasteiger partial charge is 0.350 e. The first-order chi connectivity index (χ1) is 14.6. The summed E-state index contributed by atoms with van der Waals surface area (Å²) in [5, 5.41) is 0. The molecule has 0 amide bonds. The van der Waals surface area contributed by atoms with Crippen molar-refractivity contribution < 1.29 is 9.13 Å². The van der Waals surface area contributed by atoms with Crippen molar-refractivity contribution in [3.05, 3.63) is 32.3 Å². The number of pyridine rings is 1. The topological polar surface area (TPSA) is 121 Å². The number of ether oxygens (including phenoxy) is 1. The maximum Gasteiger partial charge on any atom is 0.350 e. The Morgan fingerprint density at radius 2 is 2.00 bits per heavy atom. The van der Waals surface area contributed by atoms with Gasteiger partial charge in [0, 0.05) is 43.3 Å². The zero-order valence-corrected chi connectivity index (χ0v) is 18.5. The van der Waals surface area contributed by atoms with E-state index in [-0.39, 0.29) is 28.9 Å². The van der Waals surface area contributed by atoms with E-state index in [1.54, 1.807) is 6.92 Å². The van der Waals surface area contributed by atoms with Gasteiger partial charge in [0.05, 0.1) is 17.8 Å². The number of aryl methyl sites for hydroxylation is 1. The lowest BCUT2D eigenvalue weighted by molar-refractivity contribution is 0.0982. The molecular weight excluding hydrogens is 403 g/mol. The fourth-order valence-electron chi connectivity index (χ4n) is 4.96. The molecule has 1 saturated carbocycles. The first-order valence-corrected chi connectivity index (χ1v) is 10.8. The zero-order valence-electron chi connectivity index (χ0n) is 18.5. The minimum Gasteiger partial charge on any atom is -0.380 e. The molecule has 2 unspecified atom stereocenters. The molecule has 2 atom stereocenters. The average molecular weight is 435 g/mol. The predicted octanol–water partition coefficient (Wildman–Crippen LogP) is 0.881. The van der Waals surface area contributed by atoms with E-state index in [0.29, 0.717) is 47.7 Å². The van der Waals surface area contributed by atoms with E-state index >= 15 is 4.39 Å². The molecule has 3 heterocycles. The van der Waals surface area contributed by atoms with Crippen LogP contribution in [0.3, 0.4) is 0 Å². The van der Waals surface area contributed by atoms with Crippen LogP contribution in [0.2, 0.25) is 0 Å². The van der Waals surface area contributed by atoms with Crippen molar-refractivity contribution >= 4 is 16.7 Å². The summed E-state index contributed by atoms with van der Waals surface area (Å²) in [7, 11) is 0. The maximum atomic E-state index is 15.3. The molecule has 9 nitrogen and oxygen atoms in total. The van der Waals surface area contributed by atoms with E-state index < -0.39 is 17.2 Å². The number of aromatic nitrogens is 3. The van der Waals surface area contributed by atoms with Crippen molar-refractivity contribution in [2.45, 2.75) is 52.6 Å². The van der Waals surface area contributed by atoms with Crippen LogP contribution in [0.5, 0.6) is 0 Å². The molecule has 170 valence electrons. The first kappa shape index (κ1) is 21.8. The standard InChI is InChI=1S/C21H31FN6O3/c1-5-31-9-14(23)13-8-26(10-21(13,3)4)17-11(2)16-15(25-18(17)22)19(29)28(24)20(30)27(16)12-6-7-12/h12-14H,5-10,23-24H2,1-4H3. The summed E-state index contributed by atoms with van der Waals surface area (Å²) in [6.07, 6.45) is 1.62. The van der Waals surface area contributed by atoms with Gasteiger partial charge in [-0.1, -0.05) is 13.8 Å². The second kappa shape index (κ2) is 7.59. The molecule has 2 aromatic heterocycles. The van der Waals surface area contributed by atoms with Crippen LogP contribution in [0.25, 0.3) is 11.0 Å². The molecule has 0 spiro atoms. The summed E-state index contributed by atoms with van der Waals surface area (Å²) in [4.78, 5) is 31.2. The Hall–Kier alpha value is -2.46. The second-order valence-corrected chi connectivity index (χ2v) is 9.43. The van der Waals surface area contributed by atoms with Gasteiger partial charge in [0.15, 0.2) is 5.52 Å². The maximum absolute atomic E-state index is 15.3. The fraction of sp³-hybridized carbons (Fsp3) is 0.667. The molecule has 2 fully saturated rings. The highest BCUT2D eigenvalue weighted by molar-refractivity contribution is 5.83. The molecular formula is C21H31FN6O3. The Morgan fingerprint density at radius 1 is 1.32 bits per heavy atom. The minimum absolute atomic E-state index is 0.0495. The van der Waals surface area contributed by atoms with Crippen LogP contribution in [0, 0.1) is 24.2 Å². The second-order valence-electron chi connectivity index (χ2n) is 9.43. The summed E-state index contributed by atoms with van der Waals surface area (Å²) >= 11 is 0. The van der Waals surface area contributed by atoms with Crippen LogP contribution in [0.4, 0.5) is 10.1 Å². The SMILES string of the molecule is CCOCC(N)C1CN(c2c(F)nc3c(=O)n(N)c(=O)n(C4CC4)c3c2C)CC1(C)C. The van der Waals surface area contributed by atoms with Gasteiger partial charge in [0.25, 0.3) is 0 Å². The van der Waals surface area contributed by atoms with Gasteiger partial charge < -0.3 is 21.2 Å². The monoisotopic (exact) mass is 434 g/mol. The molecule has 0 aromatic carbocycles. The van der Waals surface area contributed by atoms with Crippen molar-refractivity contribution in [2.75, 3.05) is 37.0 Å². The summed E-state index contributed by atoms with van der Waals surface area (Å²) in [5.74, 6) is 5.02. The molecule has 0 radical (unpaired) electrons. The minimum atomic E-state index is -0.788. The highest BCUT2D eigenvalue weighted by Crippen LogP contribution is 2.42. The van der Waals surface area contributed by atoms with E-state index in [4.69, 9.17) is 16.3 Å². The lowest BCUT2D eigenvalue weighted by Crippen LogP contribution is -2.45. The van der Waals surface area contributed by atoms with Crippen LogP contribution >= 0.6 is 0 Å². The number of fused-ring (bicyclic) bond motifs is 1. The Balaban J connectivity index is 1.84. The number of hydrogen-bond acceptors (Lipinski definition) is 7. The third-order valence-corrected chi connectivity index (χ3v) is 6.69. The van der Waals surface area contributed by atoms with Crippen molar-refractivity contribution in [3.8, 4) is 0 Å². The van der Waals surface area contributed by atoms with Gasteiger partial charge in [-0.3, -0.25) is 9.36 Å². The molecule has 0 bridgehead atoms. The Labute approximate surface area is 179 Å². The van der Waals surface area contributed by atoms with E-state index in [0.717, 1.165) is 12.8 Å². The van der Waals surface area contributed by atoms with Crippen LogP contribution < -0.4 is 27.7 Å². The number of rotatable bonds is 6. The summed E-state index contributed by atoms with van der Waals surface area (Å²) in [6, 6.07) is -0.239. The van der Waals surface area contributed by atoms with Gasteiger partial charge in [0.2, 0.25) is 5.95 Å². The van der Waals surface area contributed by atoms with Gasteiger partial charge in [-0.25, -0.2) is 9.78 Å². The zero-order chi connectivity index (χ0) is 22.7. The van der Waals surface area contributed by atoms with E-state index in [1.165, 1.54) is 4.57 Å². The average Bonchev–Trinajstić information content (AvgIpc) is 3.48. The Bertz CT molecular complexity index is 1140. The molecule has 2 aromatic rings. The quantitative estimate of drug-likeness (QED) is 0.511. The number of hydrogen-bond donors (Lipinski definition) is 2.